The molecule has 0 radical (unpaired) electrons. The molecule has 0 atom stereocenters. The number of carbonyl (C=O) groups excluding carboxylic acids is 2. The van der Waals surface area contributed by atoms with Crippen molar-refractivity contribution in [3.8, 4) is 0 Å². The van der Waals surface area contributed by atoms with Crippen molar-refractivity contribution in [2.75, 3.05) is 11.9 Å². The zero-order valence-corrected chi connectivity index (χ0v) is 13.7. The van der Waals surface area contributed by atoms with Gasteiger partial charge in [-0.2, -0.15) is 0 Å². The number of hydrogen-bond donors (Lipinski definition) is 1. The van der Waals surface area contributed by atoms with Gasteiger partial charge in [-0.15, -0.1) is 0 Å². The van der Waals surface area contributed by atoms with E-state index in [-0.39, 0.29) is 17.4 Å². The third-order valence-corrected chi connectivity index (χ3v) is 3.42. The minimum atomic E-state index is -0.270. The summed E-state index contributed by atoms with van der Waals surface area (Å²) in [4.78, 5) is 25.5. The van der Waals surface area contributed by atoms with E-state index in [1.165, 1.54) is 6.92 Å². The number of para-hydroxylation sites is 1. The molecule has 0 aromatic heterocycles. The van der Waals surface area contributed by atoms with Gasteiger partial charge in [-0.3, -0.25) is 9.59 Å². The van der Waals surface area contributed by atoms with Gasteiger partial charge in [0.15, 0.2) is 0 Å². The van der Waals surface area contributed by atoms with Crippen LogP contribution >= 0.6 is 0 Å². The van der Waals surface area contributed by atoms with E-state index in [9.17, 15) is 9.59 Å². The lowest BCUT2D eigenvalue weighted by Gasteiger charge is -2.34. The number of aryl methyl sites for hydroxylation is 1. The molecule has 0 bridgehead atoms. The number of carbonyl (C=O) groups is 2. The van der Waals surface area contributed by atoms with Gasteiger partial charge in [0, 0.05) is 31.1 Å². The summed E-state index contributed by atoms with van der Waals surface area (Å²) in [5, 5.41) is 2.93. The largest absolute Gasteiger partial charge is 0.338 e. The molecule has 0 saturated carbocycles. The van der Waals surface area contributed by atoms with Crippen LogP contribution in [0.1, 0.15) is 46.6 Å². The maximum atomic E-state index is 12.1. The maximum Gasteiger partial charge on any atom is 0.226 e. The molecule has 1 rings (SSSR count). The van der Waals surface area contributed by atoms with Crippen molar-refractivity contribution < 1.29 is 9.59 Å². The molecule has 1 aromatic carbocycles. The zero-order valence-electron chi connectivity index (χ0n) is 13.7. The predicted octanol–water partition coefficient (Wildman–Crippen LogP) is 3.22. The SMILES string of the molecule is CCc1ccccc1NC(=O)CCN(C(C)=O)C(C)(C)C. The van der Waals surface area contributed by atoms with Crippen LogP contribution in [0.4, 0.5) is 5.69 Å². The zero-order chi connectivity index (χ0) is 16.0. The molecule has 116 valence electrons. The maximum absolute atomic E-state index is 12.1. The van der Waals surface area contributed by atoms with Crippen LogP contribution < -0.4 is 5.32 Å². The van der Waals surface area contributed by atoms with Crippen LogP contribution in [0.2, 0.25) is 0 Å². The number of nitrogens with one attached hydrogen (secondary N) is 1. The van der Waals surface area contributed by atoms with E-state index in [0.29, 0.717) is 13.0 Å². The van der Waals surface area contributed by atoms with E-state index in [1.54, 1.807) is 4.90 Å². The quantitative estimate of drug-likeness (QED) is 0.905. The topological polar surface area (TPSA) is 49.4 Å². The van der Waals surface area contributed by atoms with Gasteiger partial charge in [0.1, 0.15) is 0 Å². The molecule has 21 heavy (non-hydrogen) atoms. The lowest BCUT2D eigenvalue weighted by Crippen LogP contribution is -2.45. The van der Waals surface area contributed by atoms with Crippen molar-refractivity contribution in [1.29, 1.82) is 0 Å². The molecule has 0 aliphatic heterocycles. The normalized spacial score (nSPS) is 11.1. The Morgan fingerprint density at radius 2 is 1.81 bits per heavy atom. The van der Waals surface area contributed by atoms with Gasteiger partial charge >= 0.3 is 0 Å². The molecule has 0 aliphatic carbocycles. The summed E-state index contributed by atoms with van der Waals surface area (Å²) < 4.78 is 0. The highest BCUT2D eigenvalue weighted by Crippen LogP contribution is 2.17. The Kier molecular flexibility index (Phi) is 5.94. The standard InChI is InChI=1S/C17H26N2O2/c1-6-14-9-7-8-10-15(14)18-16(21)11-12-19(13(2)20)17(3,4)5/h7-10H,6,11-12H2,1-5H3,(H,18,21). The highest BCUT2D eigenvalue weighted by Gasteiger charge is 2.24. The Labute approximate surface area is 127 Å². The molecule has 0 unspecified atom stereocenters. The summed E-state index contributed by atoms with van der Waals surface area (Å²) >= 11 is 0. The Bertz CT molecular complexity index is 504. The highest BCUT2D eigenvalue weighted by atomic mass is 16.2. The predicted molar refractivity (Wildman–Crippen MR) is 86.2 cm³/mol. The first-order valence-corrected chi connectivity index (χ1v) is 7.41. The van der Waals surface area contributed by atoms with Crippen LogP contribution in [-0.4, -0.2) is 28.8 Å². The third kappa shape index (κ3) is 5.21. The third-order valence-electron chi connectivity index (χ3n) is 3.42. The van der Waals surface area contributed by atoms with E-state index in [2.05, 4.69) is 12.2 Å². The van der Waals surface area contributed by atoms with Gasteiger partial charge in [0.25, 0.3) is 0 Å². The Morgan fingerprint density at radius 3 is 2.33 bits per heavy atom. The van der Waals surface area contributed by atoms with Crippen molar-refractivity contribution in [3.05, 3.63) is 29.8 Å². The lowest BCUT2D eigenvalue weighted by molar-refractivity contribution is -0.134. The van der Waals surface area contributed by atoms with Crippen molar-refractivity contribution >= 4 is 17.5 Å². The summed E-state index contributed by atoms with van der Waals surface area (Å²) in [6.45, 7) is 9.94. The van der Waals surface area contributed by atoms with E-state index in [0.717, 1.165) is 17.7 Å². The molecule has 0 saturated heterocycles. The minimum absolute atomic E-state index is 0.00995. The molecule has 2 amide bonds. The van der Waals surface area contributed by atoms with Gasteiger partial charge in [-0.05, 0) is 38.8 Å². The van der Waals surface area contributed by atoms with E-state index in [4.69, 9.17) is 0 Å². The van der Waals surface area contributed by atoms with E-state index < -0.39 is 0 Å². The smallest absolute Gasteiger partial charge is 0.226 e. The second-order valence-electron chi connectivity index (χ2n) is 6.15. The lowest BCUT2D eigenvalue weighted by atomic mass is 10.1. The summed E-state index contributed by atoms with van der Waals surface area (Å²) in [6, 6.07) is 7.78. The molecule has 0 aliphatic rings. The monoisotopic (exact) mass is 290 g/mol. The van der Waals surface area contributed by atoms with Crippen LogP contribution in [-0.2, 0) is 16.0 Å². The number of anilines is 1. The summed E-state index contributed by atoms with van der Waals surface area (Å²) in [5.74, 6) is -0.0735. The highest BCUT2D eigenvalue weighted by molar-refractivity contribution is 5.91. The van der Waals surface area contributed by atoms with Gasteiger partial charge in [-0.1, -0.05) is 25.1 Å². The van der Waals surface area contributed by atoms with E-state index >= 15 is 0 Å². The van der Waals surface area contributed by atoms with Gasteiger partial charge < -0.3 is 10.2 Å². The second-order valence-corrected chi connectivity index (χ2v) is 6.15. The number of hydrogen-bond acceptors (Lipinski definition) is 2. The van der Waals surface area contributed by atoms with Crippen LogP contribution in [0.15, 0.2) is 24.3 Å². The molecule has 0 spiro atoms. The summed E-state index contributed by atoms with van der Waals surface area (Å²) in [6.07, 6.45) is 1.17. The van der Waals surface area contributed by atoms with Crippen LogP contribution in [0.5, 0.6) is 0 Å². The van der Waals surface area contributed by atoms with Crippen molar-refractivity contribution in [3.63, 3.8) is 0 Å². The molecule has 4 nitrogen and oxygen atoms in total. The first kappa shape index (κ1) is 17.2. The first-order chi connectivity index (χ1) is 9.75. The average molecular weight is 290 g/mol. The fourth-order valence-corrected chi connectivity index (χ4v) is 2.34. The molecule has 1 aromatic rings. The summed E-state index contributed by atoms with van der Waals surface area (Å²) in [5.41, 5.74) is 1.70. The Balaban J connectivity index is 2.64. The van der Waals surface area contributed by atoms with Crippen LogP contribution in [0, 0.1) is 0 Å². The Morgan fingerprint density at radius 1 is 1.19 bits per heavy atom. The van der Waals surface area contributed by atoms with Crippen LogP contribution in [0.3, 0.4) is 0 Å². The molecule has 1 N–H and O–H groups in total. The first-order valence-electron chi connectivity index (χ1n) is 7.41. The van der Waals surface area contributed by atoms with Crippen LogP contribution in [0.25, 0.3) is 0 Å². The molecule has 4 heteroatoms. The van der Waals surface area contributed by atoms with Gasteiger partial charge in [0.05, 0.1) is 0 Å². The number of nitrogens with zero attached hydrogens (tertiary/aromatic N) is 1. The molecule has 0 fully saturated rings. The molecular weight excluding hydrogens is 264 g/mol. The number of rotatable bonds is 5. The fourth-order valence-electron chi connectivity index (χ4n) is 2.34. The minimum Gasteiger partial charge on any atom is -0.338 e. The summed E-state index contributed by atoms with van der Waals surface area (Å²) in [7, 11) is 0. The van der Waals surface area contributed by atoms with Crippen molar-refractivity contribution in [1.82, 2.24) is 4.90 Å². The van der Waals surface area contributed by atoms with Gasteiger partial charge in [-0.25, -0.2) is 0 Å². The molecule has 0 heterocycles. The van der Waals surface area contributed by atoms with Gasteiger partial charge in [0.2, 0.25) is 11.8 Å². The Hall–Kier alpha value is -1.84. The number of benzene rings is 1. The van der Waals surface area contributed by atoms with E-state index in [1.807, 2.05) is 45.0 Å². The fraction of sp³-hybridized carbons (Fsp3) is 0.529. The van der Waals surface area contributed by atoms with Crippen molar-refractivity contribution in [2.24, 2.45) is 0 Å². The van der Waals surface area contributed by atoms with Crippen molar-refractivity contribution in [2.45, 2.75) is 53.0 Å². The second kappa shape index (κ2) is 7.25. The molecular formula is C17H26N2O2. The average Bonchev–Trinajstić information content (AvgIpc) is 2.37. The number of amides is 2.